The number of ether oxygens (including phenoxy) is 1. The van der Waals surface area contributed by atoms with Crippen molar-refractivity contribution in [1.82, 2.24) is 0 Å². The Morgan fingerprint density at radius 2 is 1.44 bits per heavy atom. The molecular formula is C25H32F6O. The zero-order valence-corrected chi connectivity index (χ0v) is 18.4. The second kappa shape index (κ2) is 10.5. The van der Waals surface area contributed by atoms with E-state index in [1.54, 1.807) is 0 Å². The van der Waals surface area contributed by atoms with E-state index >= 15 is 0 Å². The van der Waals surface area contributed by atoms with Gasteiger partial charge in [-0.15, -0.1) is 0 Å². The van der Waals surface area contributed by atoms with Gasteiger partial charge in [-0.05, 0) is 81.3 Å². The van der Waals surface area contributed by atoms with Gasteiger partial charge in [-0.3, -0.25) is 0 Å². The standard InChI is InChI=1S/C25H32F6O/c1-2-3-17-4-6-18(7-5-17)8-9-19-10-12-20(13-11-19)25(30,31)32-21-14-15-22(23(26)16-21)24(27,28)29/h8-9,14-20H,2-7,10-13H2,1H3/b9-8+. The van der Waals surface area contributed by atoms with Crippen LogP contribution < -0.4 is 4.74 Å². The molecule has 1 aromatic carbocycles. The first-order valence-electron chi connectivity index (χ1n) is 11.7. The summed E-state index contributed by atoms with van der Waals surface area (Å²) >= 11 is 0. The Kier molecular flexibility index (Phi) is 8.21. The number of hydrogen-bond acceptors (Lipinski definition) is 1. The fraction of sp³-hybridized carbons (Fsp3) is 0.680. The van der Waals surface area contributed by atoms with E-state index in [1.807, 2.05) is 0 Å². The lowest BCUT2D eigenvalue weighted by molar-refractivity contribution is -0.223. The summed E-state index contributed by atoms with van der Waals surface area (Å²) in [6.45, 7) is 2.22. The summed E-state index contributed by atoms with van der Waals surface area (Å²) in [7, 11) is 0. The van der Waals surface area contributed by atoms with E-state index in [2.05, 4.69) is 23.8 Å². The number of allylic oxidation sites excluding steroid dienone is 2. The van der Waals surface area contributed by atoms with Crippen LogP contribution >= 0.6 is 0 Å². The number of hydrogen-bond donors (Lipinski definition) is 0. The van der Waals surface area contributed by atoms with Gasteiger partial charge >= 0.3 is 12.3 Å². The van der Waals surface area contributed by atoms with Crippen molar-refractivity contribution < 1.29 is 31.1 Å². The third-order valence-electron chi connectivity index (χ3n) is 6.99. The van der Waals surface area contributed by atoms with E-state index in [0.29, 0.717) is 30.9 Å². The van der Waals surface area contributed by atoms with Gasteiger partial charge in [0, 0.05) is 6.07 Å². The van der Waals surface area contributed by atoms with Crippen molar-refractivity contribution in [2.45, 2.75) is 83.4 Å². The van der Waals surface area contributed by atoms with E-state index < -0.39 is 35.3 Å². The van der Waals surface area contributed by atoms with Gasteiger partial charge in [0.05, 0.1) is 11.5 Å². The number of halogens is 6. The monoisotopic (exact) mass is 462 g/mol. The smallest absolute Gasteiger partial charge is 0.419 e. The molecule has 3 rings (SSSR count). The van der Waals surface area contributed by atoms with Crippen LogP contribution in [0, 0.1) is 29.5 Å². The molecule has 2 aliphatic carbocycles. The molecule has 0 N–H and O–H groups in total. The molecule has 0 atom stereocenters. The molecule has 0 radical (unpaired) electrons. The maximum atomic E-state index is 14.6. The summed E-state index contributed by atoms with van der Waals surface area (Å²) < 4.78 is 85.4. The Morgan fingerprint density at radius 3 is 1.94 bits per heavy atom. The SMILES string of the molecule is CCCC1CCC(/C=C/C2CCC(C(F)(F)Oc3ccc(C(F)(F)F)c(F)c3)CC2)CC1. The van der Waals surface area contributed by atoms with Crippen LogP contribution in [0.3, 0.4) is 0 Å². The van der Waals surface area contributed by atoms with E-state index in [1.165, 1.54) is 38.5 Å². The fourth-order valence-electron chi connectivity index (χ4n) is 5.07. The quantitative estimate of drug-likeness (QED) is 0.291. The van der Waals surface area contributed by atoms with Crippen molar-refractivity contribution in [2.75, 3.05) is 0 Å². The highest BCUT2D eigenvalue weighted by molar-refractivity contribution is 5.30. The molecular weight excluding hydrogens is 430 g/mol. The summed E-state index contributed by atoms with van der Waals surface area (Å²) in [6, 6.07) is 1.54. The first-order chi connectivity index (χ1) is 15.1. The molecule has 1 aromatic rings. The van der Waals surface area contributed by atoms with Crippen molar-refractivity contribution in [1.29, 1.82) is 0 Å². The van der Waals surface area contributed by atoms with Crippen molar-refractivity contribution in [3.8, 4) is 5.75 Å². The van der Waals surface area contributed by atoms with Crippen LogP contribution in [0.5, 0.6) is 5.75 Å². The summed E-state index contributed by atoms with van der Waals surface area (Å²) in [4.78, 5) is 0. The highest BCUT2D eigenvalue weighted by atomic mass is 19.4. The normalized spacial score (nSPS) is 27.6. The van der Waals surface area contributed by atoms with Gasteiger partial charge in [0.15, 0.2) is 0 Å². The maximum absolute atomic E-state index is 14.6. The predicted octanol–water partition coefficient (Wildman–Crippen LogP) is 8.79. The molecule has 0 unspecified atom stereocenters. The molecule has 0 aromatic heterocycles. The maximum Gasteiger partial charge on any atom is 0.419 e. The molecule has 0 spiro atoms. The Balaban J connectivity index is 1.48. The Hall–Kier alpha value is -1.66. The minimum absolute atomic E-state index is 0.258. The average molecular weight is 463 g/mol. The topological polar surface area (TPSA) is 9.23 Å². The second-order valence-corrected chi connectivity index (χ2v) is 9.37. The van der Waals surface area contributed by atoms with Crippen molar-refractivity contribution in [3.63, 3.8) is 0 Å². The molecule has 0 amide bonds. The molecule has 2 fully saturated rings. The van der Waals surface area contributed by atoms with Crippen LogP contribution in [0.4, 0.5) is 26.3 Å². The van der Waals surface area contributed by atoms with Crippen molar-refractivity contribution >= 4 is 0 Å². The third kappa shape index (κ3) is 6.67. The molecule has 2 saturated carbocycles. The van der Waals surface area contributed by atoms with Gasteiger partial charge in [-0.1, -0.05) is 31.9 Å². The molecule has 0 bridgehead atoms. The lowest BCUT2D eigenvalue weighted by Crippen LogP contribution is -2.37. The average Bonchev–Trinajstić information content (AvgIpc) is 2.72. The highest BCUT2D eigenvalue weighted by Gasteiger charge is 2.44. The van der Waals surface area contributed by atoms with E-state index in [4.69, 9.17) is 0 Å². The molecule has 32 heavy (non-hydrogen) atoms. The van der Waals surface area contributed by atoms with Gasteiger partial charge < -0.3 is 4.74 Å². The number of benzene rings is 1. The van der Waals surface area contributed by atoms with Gasteiger partial charge in [0.1, 0.15) is 11.6 Å². The van der Waals surface area contributed by atoms with Crippen molar-refractivity contribution in [2.24, 2.45) is 23.7 Å². The Morgan fingerprint density at radius 1 is 0.875 bits per heavy atom. The summed E-state index contributed by atoms with van der Waals surface area (Å²) in [6.07, 6.45) is 5.24. The molecule has 7 heteroatoms. The number of alkyl halides is 5. The fourth-order valence-corrected chi connectivity index (χ4v) is 5.07. The van der Waals surface area contributed by atoms with Gasteiger partial charge in [-0.25, -0.2) is 4.39 Å². The van der Waals surface area contributed by atoms with Crippen LogP contribution in [0.25, 0.3) is 0 Å². The van der Waals surface area contributed by atoms with Crippen LogP contribution in [-0.2, 0) is 6.18 Å². The first-order valence-corrected chi connectivity index (χ1v) is 11.7. The number of rotatable bonds is 7. The van der Waals surface area contributed by atoms with Crippen LogP contribution in [0.2, 0.25) is 0 Å². The molecule has 0 aliphatic heterocycles. The zero-order chi connectivity index (χ0) is 23.4. The molecule has 0 heterocycles. The van der Waals surface area contributed by atoms with Crippen LogP contribution in [-0.4, -0.2) is 6.11 Å². The highest BCUT2D eigenvalue weighted by Crippen LogP contribution is 2.42. The predicted molar refractivity (Wildman–Crippen MR) is 112 cm³/mol. The summed E-state index contributed by atoms with van der Waals surface area (Å²) in [5.74, 6) is -1.56. The van der Waals surface area contributed by atoms with E-state index in [9.17, 15) is 26.3 Å². The van der Waals surface area contributed by atoms with Gasteiger partial charge in [0.2, 0.25) is 0 Å². The second-order valence-electron chi connectivity index (χ2n) is 9.37. The molecule has 1 nitrogen and oxygen atoms in total. The lowest BCUT2D eigenvalue weighted by atomic mass is 9.78. The molecule has 180 valence electrons. The van der Waals surface area contributed by atoms with E-state index in [-0.39, 0.29) is 18.8 Å². The summed E-state index contributed by atoms with van der Waals surface area (Å²) in [5, 5.41) is 0. The van der Waals surface area contributed by atoms with Crippen LogP contribution in [0.15, 0.2) is 30.4 Å². The zero-order valence-electron chi connectivity index (χ0n) is 18.4. The first kappa shape index (κ1) is 25.0. The minimum Gasteiger partial charge on any atom is -0.432 e. The van der Waals surface area contributed by atoms with Gasteiger partial charge in [0.25, 0.3) is 0 Å². The van der Waals surface area contributed by atoms with Crippen molar-refractivity contribution in [3.05, 3.63) is 41.7 Å². The van der Waals surface area contributed by atoms with Gasteiger partial charge in [-0.2, -0.15) is 22.0 Å². The Labute approximate surface area is 186 Å². The minimum atomic E-state index is -4.88. The lowest BCUT2D eigenvalue weighted by Gasteiger charge is -2.32. The van der Waals surface area contributed by atoms with E-state index in [0.717, 1.165) is 12.0 Å². The summed E-state index contributed by atoms with van der Waals surface area (Å²) in [5.41, 5.74) is -1.50. The third-order valence-corrected chi connectivity index (χ3v) is 6.99. The molecule has 0 saturated heterocycles. The van der Waals surface area contributed by atoms with Crippen LogP contribution in [0.1, 0.15) is 76.7 Å². The largest absolute Gasteiger partial charge is 0.432 e. The Bertz CT molecular complexity index is 756. The molecule has 2 aliphatic rings.